The molecule has 0 unspecified atom stereocenters. The van der Waals surface area contributed by atoms with Crippen molar-refractivity contribution in [3.05, 3.63) is 66.7 Å². The highest BCUT2D eigenvalue weighted by Crippen LogP contribution is 2.43. The molecular formula is C25H23F3N4O4S. The lowest BCUT2D eigenvalue weighted by Crippen LogP contribution is -2.34. The first-order valence-corrected chi connectivity index (χ1v) is 13.3. The summed E-state index contributed by atoms with van der Waals surface area (Å²) in [5, 5.41) is 3.88. The maximum absolute atomic E-state index is 13.5. The van der Waals surface area contributed by atoms with Gasteiger partial charge < -0.3 is 9.47 Å². The number of alkyl halides is 3. The summed E-state index contributed by atoms with van der Waals surface area (Å²) >= 11 is 0. The first-order valence-electron chi connectivity index (χ1n) is 11.9. The highest BCUT2D eigenvalue weighted by atomic mass is 32.2. The van der Waals surface area contributed by atoms with Crippen LogP contribution in [0.4, 0.5) is 13.2 Å². The summed E-state index contributed by atoms with van der Waals surface area (Å²) in [6.07, 6.45) is 3.23. The second-order valence-corrected chi connectivity index (χ2v) is 11.1. The van der Waals surface area contributed by atoms with E-state index in [2.05, 4.69) is 10.1 Å². The van der Waals surface area contributed by atoms with Gasteiger partial charge in [0.1, 0.15) is 0 Å². The number of hydrogen-bond acceptors (Lipinski definition) is 6. The quantitative estimate of drug-likeness (QED) is 0.367. The van der Waals surface area contributed by atoms with E-state index in [0.717, 1.165) is 47.6 Å². The molecule has 0 amide bonds. The molecule has 37 heavy (non-hydrogen) atoms. The van der Waals surface area contributed by atoms with Gasteiger partial charge >= 0.3 is 6.30 Å². The lowest BCUT2D eigenvalue weighted by Gasteiger charge is -2.35. The minimum atomic E-state index is -4.70. The predicted octanol–water partition coefficient (Wildman–Crippen LogP) is 5.01. The van der Waals surface area contributed by atoms with Crippen LogP contribution in [0.5, 0.6) is 0 Å². The van der Waals surface area contributed by atoms with Crippen molar-refractivity contribution in [1.82, 2.24) is 18.7 Å². The summed E-state index contributed by atoms with van der Waals surface area (Å²) in [4.78, 5) is 4.56. The van der Waals surface area contributed by atoms with Crippen molar-refractivity contribution >= 4 is 21.1 Å². The van der Waals surface area contributed by atoms with Crippen molar-refractivity contribution in [3.8, 4) is 11.1 Å². The Morgan fingerprint density at radius 2 is 1.70 bits per heavy atom. The fourth-order valence-electron chi connectivity index (χ4n) is 5.22. The molecule has 3 aromatic heterocycles. The van der Waals surface area contributed by atoms with Crippen LogP contribution < -0.4 is 0 Å². The van der Waals surface area contributed by atoms with Crippen LogP contribution in [0.25, 0.3) is 22.2 Å². The van der Waals surface area contributed by atoms with Gasteiger partial charge in [0, 0.05) is 47.9 Å². The number of fused-ring (bicyclic) bond motifs is 1. The average Bonchev–Trinajstić information content (AvgIpc) is 3.63. The number of nitrogens with zero attached hydrogens (tertiary/aromatic N) is 4. The first kappa shape index (κ1) is 24.1. The number of benzene rings is 1. The molecule has 8 nitrogen and oxygen atoms in total. The molecule has 1 aliphatic carbocycles. The number of aromatic nitrogens is 4. The third-order valence-corrected chi connectivity index (χ3v) is 8.78. The molecule has 1 aromatic carbocycles. The largest absolute Gasteiger partial charge is 0.504 e. The molecule has 1 saturated carbocycles. The Bertz CT molecular complexity index is 1550. The van der Waals surface area contributed by atoms with Crippen LogP contribution in [-0.4, -0.2) is 46.2 Å². The number of pyridine rings is 1. The van der Waals surface area contributed by atoms with Crippen LogP contribution in [0.3, 0.4) is 0 Å². The van der Waals surface area contributed by atoms with Crippen molar-refractivity contribution in [2.24, 2.45) is 0 Å². The van der Waals surface area contributed by atoms with Crippen molar-refractivity contribution in [3.63, 3.8) is 0 Å². The van der Waals surface area contributed by atoms with Crippen LogP contribution in [0.1, 0.15) is 37.2 Å². The van der Waals surface area contributed by atoms with Gasteiger partial charge in [0.05, 0.1) is 24.3 Å². The number of halogens is 3. The van der Waals surface area contributed by atoms with Crippen molar-refractivity contribution in [1.29, 1.82) is 0 Å². The summed E-state index contributed by atoms with van der Waals surface area (Å²) in [7, 11) is -4.06. The molecule has 1 aliphatic heterocycles. The Labute approximate surface area is 210 Å². The highest BCUT2D eigenvalue weighted by Gasteiger charge is 2.41. The van der Waals surface area contributed by atoms with Gasteiger partial charge in [-0.05, 0) is 42.5 Å². The highest BCUT2D eigenvalue weighted by molar-refractivity contribution is 7.90. The van der Waals surface area contributed by atoms with Gasteiger partial charge in [0.15, 0.2) is 11.4 Å². The molecule has 4 aromatic rings. The van der Waals surface area contributed by atoms with Crippen molar-refractivity contribution in [2.45, 2.75) is 48.6 Å². The lowest BCUT2D eigenvalue weighted by atomic mass is 9.81. The van der Waals surface area contributed by atoms with E-state index in [-0.39, 0.29) is 26.7 Å². The van der Waals surface area contributed by atoms with Crippen molar-refractivity contribution < 1.29 is 31.1 Å². The second-order valence-electron chi connectivity index (χ2n) is 9.32. The van der Waals surface area contributed by atoms with Crippen LogP contribution in [0, 0.1) is 0 Å². The zero-order chi connectivity index (χ0) is 25.8. The summed E-state index contributed by atoms with van der Waals surface area (Å²) < 4.78 is 79.3. The summed E-state index contributed by atoms with van der Waals surface area (Å²) in [5.41, 5.74) is 1.46. The summed E-state index contributed by atoms with van der Waals surface area (Å²) in [6.45, 7) is 1.16. The van der Waals surface area contributed by atoms with Gasteiger partial charge in [0.25, 0.3) is 10.0 Å². The van der Waals surface area contributed by atoms with E-state index < -0.39 is 22.1 Å². The third-order valence-electron chi connectivity index (χ3n) is 7.12. The molecule has 0 radical (unpaired) electrons. The van der Waals surface area contributed by atoms with Gasteiger partial charge in [-0.2, -0.15) is 9.78 Å². The number of rotatable bonds is 4. The van der Waals surface area contributed by atoms with Crippen LogP contribution in [0.15, 0.2) is 66.1 Å². The molecule has 0 atom stereocenters. The zero-order valence-corrected chi connectivity index (χ0v) is 20.4. The second kappa shape index (κ2) is 8.67. The van der Waals surface area contributed by atoms with E-state index in [9.17, 15) is 21.6 Å². The predicted molar refractivity (Wildman–Crippen MR) is 127 cm³/mol. The molecule has 12 heteroatoms. The van der Waals surface area contributed by atoms with E-state index in [1.54, 1.807) is 24.4 Å². The maximum Gasteiger partial charge on any atom is 0.504 e. The molecule has 1 saturated heterocycles. The molecule has 4 heterocycles. The maximum atomic E-state index is 13.5. The topological polar surface area (TPSA) is 88.2 Å². The van der Waals surface area contributed by atoms with Crippen molar-refractivity contribution in [2.75, 3.05) is 13.2 Å². The van der Waals surface area contributed by atoms with Crippen LogP contribution in [-0.2, 0) is 25.8 Å². The minimum Gasteiger partial charge on any atom is -0.348 e. The molecule has 2 fully saturated rings. The van der Waals surface area contributed by atoms with Gasteiger partial charge in [0.2, 0.25) is 0 Å². The third kappa shape index (κ3) is 4.22. The lowest BCUT2D eigenvalue weighted by molar-refractivity contribution is -0.212. The van der Waals surface area contributed by atoms with E-state index in [1.807, 2.05) is 6.07 Å². The average molecular weight is 533 g/mol. The Kier molecular flexibility index (Phi) is 5.66. The smallest absolute Gasteiger partial charge is 0.348 e. The monoisotopic (exact) mass is 532 g/mol. The molecule has 194 valence electrons. The SMILES string of the molecule is O=S(=O)(c1ccccc1)n1cc(-c2cnn(C(F)(F)F)c2)c2cc(C3CCC4(CC3)OCCO4)cnc21. The molecule has 2 aliphatic rings. The van der Waals surface area contributed by atoms with Crippen LogP contribution >= 0.6 is 0 Å². The van der Waals surface area contributed by atoms with Crippen LogP contribution in [0.2, 0.25) is 0 Å². The summed E-state index contributed by atoms with van der Waals surface area (Å²) in [5.74, 6) is -0.395. The molecular weight excluding hydrogens is 509 g/mol. The molecule has 1 spiro atoms. The fourth-order valence-corrected chi connectivity index (χ4v) is 6.56. The van der Waals surface area contributed by atoms with E-state index in [4.69, 9.17) is 9.47 Å². The Morgan fingerprint density at radius 1 is 1.00 bits per heavy atom. The van der Waals surface area contributed by atoms with Gasteiger partial charge in [-0.25, -0.2) is 17.4 Å². The fraction of sp³-hybridized carbons (Fsp3) is 0.360. The first-order chi connectivity index (χ1) is 17.7. The number of hydrogen-bond donors (Lipinski definition) is 0. The van der Waals surface area contributed by atoms with Gasteiger partial charge in [-0.3, -0.25) is 0 Å². The van der Waals surface area contributed by atoms with E-state index >= 15 is 0 Å². The van der Waals surface area contributed by atoms with Gasteiger partial charge in [-0.1, -0.05) is 18.2 Å². The van der Waals surface area contributed by atoms with Gasteiger partial charge in [-0.15, -0.1) is 13.2 Å². The molecule has 0 N–H and O–H groups in total. The van der Waals surface area contributed by atoms with E-state index in [1.165, 1.54) is 18.3 Å². The molecule has 6 rings (SSSR count). The zero-order valence-electron chi connectivity index (χ0n) is 19.6. The Hall–Kier alpha value is -3.22. The Morgan fingerprint density at radius 3 is 2.35 bits per heavy atom. The number of ether oxygens (including phenoxy) is 2. The molecule has 0 bridgehead atoms. The standard InChI is InChI=1S/C25H23F3N4O4S/c26-25(27,28)32-15-19(14-30-32)22-16-31(37(33,34)20-4-2-1-3-5-20)23-21(22)12-18(13-29-23)17-6-8-24(9-7-17)35-10-11-36-24/h1-5,12-17H,6-11H2. The summed E-state index contributed by atoms with van der Waals surface area (Å²) in [6, 6.07) is 9.66. The Balaban J connectivity index is 1.45. The minimum absolute atomic E-state index is 0.0458. The normalized spacial score (nSPS) is 18.7. The van der Waals surface area contributed by atoms with E-state index in [0.29, 0.717) is 24.2 Å².